The van der Waals surface area contributed by atoms with E-state index in [1.165, 1.54) is 5.56 Å². The van der Waals surface area contributed by atoms with E-state index in [1.807, 2.05) is 6.92 Å². The highest BCUT2D eigenvalue weighted by molar-refractivity contribution is 5.61. The molecule has 94 valence electrons. The number of oxazole rings is 1. The molecule has 1 aromatic heterocycles. The van der Waals surface area contributed by atoms with Gasteiger partial charge in [-0.3, -0.25) is 0 Å². The summed E-state index contributed by atoms with van der Waals surface area (Å²) >= 11 is 0. The molecule has 1 aromatic carbocycles. The molecule has 0 aliphatic rings. The Kier molecular flexibility index (Phi) is 3.82. The molecule has 18 heavy (non-hydrogen) atoms. The van der Waals surface area contributed by atoms with Gasteiger partial charge in [0.2, 0.25) is 0 Å². The second-order valence-electron chi connectivity index (χ2n) is 4.37. The summed E-state index contributed by atoms with van der Waals surface area (Å²) in [6.07, 6.45) is 2.58. The zero-order valence-corrected chi connectivity index (χ0v) is 10.9. The minimum absolute atomic E-state index is 0.711. The van der Waals surface area contributed by atoms with E-state index in [0.29, 0.717) is 5.89 Å². The monoisotopic (exact) mass is 242 g/mol. The van der Waals surface area contributed by atoms with Crippen molar-refractivity contribution in [2.45, 2.75) is 20.3 Å². The van der Waals surface area contributed by atoms with Gasteiger partial charge in [0.25, 0.3) is 0 Å². The van der Waals surface area contributed by atoms with Crippen molar-refractivity contribution >= 4 is 5.70 Å². The first-order valence-corrected chi connectivity index (χ1v) is 6.06. The fourth-order valence-electron chi connectivity index (χ4n) is 1.71. The van der Waals surface area contributed by atoms with E-state index >= 15 is 0 Å². The Morgan fingerprint density at radius 2 is 2.00 bits per heavy atom. The molecule has 2 rings (SSSR count). The zero-order chi connectivity index (χ0) is 13.0. The van der Waals surface area contributed by atoms with Crippen LogP contribution in [-0.4, -0.2) is 11.5 Å². The highest BCUT2D eigenvalue weighted by Gasteiger charge is 2.01. The Hall–Kier alpha value is -2.03. The highest BCUT2D eigenvalue weighted by Crippen LogP contribution is 2.10. The second-order valence-corrected chi connectivity index (χ2v) is 4.37. The first-order chi connectivity index (χ1) is 8.65. The van der Waals surface area contributed by atoms with E-state index in [0.717, 1.165) is 30.0 Å². The first kappa shape index (κ1) is 12.4. The van der Waals surface area contributed by atoms with Crippen molar-refractivity contribution in [1.29, 1.82) is 0 Å². The molecule has 1 heterocycles. The Morgan fingerprint density at radius 1 is 1.28 bits per heavy atom. The van der Waals surface area contributed by atoms with Crippen LogP contribution in [0, 0.1) is 13.8 Å². The molecule has 0 amide bonds. The predicted octanol–water partition coefficient (Wildman–Crippen LogP) is 3.09. The number of hydrogen-bond acceptors (Lipinski definition) is 3. The lowest BCUT2D eigenvalue weighted by Crippen LogP contribution is -2.14. The number of nitrogens with zero attached hydrogens (tertiary/aromatic N) is 1. The van der Waals surface area contributed by atoms with Gasteiger partial charge < -0.3 is 9.73 Å². The summed E-state index contributed by atoms with van der Waals surface area (Å²) in [7, 11) is 0. The largest absolute Gasteiger partial charge is 0.446 e. The van der Waals surface area contributed by atoms with Gasteiger partial charge in [0.05, 0.1) is 6.20 Å². The van der Waals surface area contributed by atoms with Gasteiger partial charge >= 0.3 is 0 Å². The maximum Gasteiger partial charge on any atom is 0.191 e. The third-order valence-electron chi connectivity index (χ3n) is 2.78. The van der Waals surface area contributed by atoms with Crippen LogP contribution in [0.2, 0.25) is 0 Å². The number of nitrogens with one attached hydrogen (secondary N) is 1. The van der Waals surface area contributed by atoms with Crippen molar-refractivity contribution in [2.24, 2.45) is 0 Å². The molecule has 0 radical (unpaired) electrons. The van der Waals surface area contributed by atoms with Crippen molar-refractivity contribution in [3.05, 3.63) is 59.8 Å². The van der Waals surface area contributed by atoms with E-state index in [2.05, 4.69) is 48.1 Å². The van der Waals surface area contributed by atoms with Crippen molar-refractivity contribution < 1.29 is 4.42 Å². The summed E-state index contributed by atoms with van der Waals surface area (Å²) < 4.78 is 5.41. The molecule has 0 saturated carbocycles. The van der Waals surface area contributed by atoms with Crippen LogP contribution in [-0.2, 0) is 6.42 Å². The van der Waals surface area contributed by atoms with E-state index < -0.39 is 0 Å². The average molecular weight is 242 g/mol. The fraction of sp³-hybridized carbons (Fsp3) is 0.267. The van der Waals surface area contributed by atoms with Crippen LogP contribution in [0.25, 0.3) is 5.70 Å². The Labute approximate surface area is 108 Å². The molecule has 0 aliphatic heterocycles. The van der Waals surface area contributed by atoms with Crippen LogP contribution >= 0.6 is 0 Å². The summed E-state index contributed by atoms with van der Waals surface area (Å²) in [5.74, 6) is 1.61. The summed E-state index contributed by atoms with van der Waals surface area (Å²) in [6.45, 7) is 8.75. The lowest BCUT2D eigenvalue weighted by atomic mass is 10.1. The van der Waals surface area contributed by atoms with Crippen molar-refractivity contribution in [1.82, 2.24) is 10.3 Å². The van der Waals surface area contributed by atoms with Crippen LogP contribution in [0.1, 0.15) is 22.8 Å². The standard InChI is InChI=1S/C15H18N2O/c1-11-4-6-14(7-5-11)12(2)16-9-8-15-10-17-13(3)18-15/h4-7,10,16H,2,8-9H2,1,3H3. The van der Waals surface area contributed by atoms with Crippen molar-refractivity contribution in [3.63, 3.8) is 0 Å². The summed E-state index contributed by atoms with van der Waals surface area (Å²) in [5.41, 5.74) is 3.31. The normalized spacial score (nSPS) is 10.3. The fourth-order valence-corrected chi connectivity index (χ4v) is 1.71. The summed E-state index contributed by atoms with van der Waals surface area (Å²) in [5, 5.41) is 3.29. The zero-order valence-electron chi connectivity index (χ0n) is 10.9. The average Bonchev–Trinajstić information content (AvgIpc) is 2.76. The lowest BCUT2D eigenvalue weighted by Gasteiger charge is -2.09. The minimum Gasteiger partial charge on any atom is -0.446 e. The van der Waals surface area contributed by atoms with Gasteiger partial charge in [-0.15, -0.1) is 0 Å². The topological polar surface area (TPSA) is 38.1 Å². The quantitative estimate of drug-likeness (QED) is 0.875. The van der Waals surface area contributed by atoms with Gasteiger partial charge in [0.15, 0.2) is 5.89 Å². The molecule has 0 saturated heterocycles. The third kappa shape index (κ3) is 3.23. The molecule has 0 aliphatic carbocycles. The Morgan fingerprint density at radius 3 is 2.61 bits per heavy atom. The van der Waals surface area contributed by atoms with Gasteiger partial charge in [-0.2, -0.15) is 0 Å². The second kappa shape index (κ2) is 5.54. The Balaban J connectivity index is 1.83. The maximum atomic E-state index is 5.41. The van der Waals surface area contributed by atoms with E-state index in [4.69, 9.17) is 4.42 Å². The molecule has 1 N–H and O–H groups in total. The first-order valence-electron chi connectivity index (χ1n) is 6.06. The van der Waals surface area contributed by atoms with Crippen molar-refractivity contribution in [3.8, 4) is 0 Å². The lowest BCUT2D eigenvalue weighted by molar-refractivity contribution is 0.473. The number of benzene rings is 1. The number of rotatable bonds is 5. The van der Waals surface area contributed by atoms with Crippen molar-refractivity contribution in [2.75, 3.05) is 6.54 Å². The number of aryl methyl sites for hydroxylation is 2. The summed E-state index contributed by atoms with van der Waals surface area (Å²) in [6, 6.07) is 8.32. The van der Waals surface area contributed by atoms with Crippen LogP contribution < -0.4 is 5.32 Å². The molecule has 3 heteroatoms. The predicted molar refractivity (Wildman–Crippen MR) is 73.2 cm³/mol. The molecule has 2 aromatic rings. The Bertz CT molecular complexity index is 526. The number of hydrogen-bond donors (Lipinski definition) is 1. The summed E-state index contributed by atoms with van der Waals surface area (Å²) in [4.78, 5) is 4.07. The van der Waals surface area contributed by atoms with Crippen LogP contribution in [0.5, 0.6) is 0 Å². The SMILES string of the molecule is C=C(NCCc1cnc(C)o1)c1ccc(C)cc1. The highest BCUT2D eigenvalue weighted by atomic mass is 16.3. The van der Waals surface area contributed by atoms with E-state index in [-0.39, 0.29) is 0 Å². The molecule has 0 spiro atoms. The van der Waals surface area contributed by atoms with E-state index in [9.17, 15) is 0 Å². The molecule has 3 nitrogen and oxygen atoms in total. The molecule has 0 bridgehead atoms. The molecule has 0 unspecified atom stereocenters. The van der Waals surface area contributed by atoms with Gasteiger partial charge in [0, 0.05) is 25.6 Å². The molecular formula is C15H18N2O. The number of aromatic nitrogens is 1. The third-order valence-corrected chi connectivity index (χ3v) is 2.78. The van der Waals surface area contributed by atoms with Gasteiger partial charge in [0.1, 0.15) is 5.76 Å². The van der Waals surface area contributed by atoms with Gasteiger partial charge in [-0.25, -0.2) is 4.98 Å². The maximum absolute atomic E-state index is 5.41. The van der Waals surface area contributed by atoms with Gasteiger partial charge in [-0.1, -0.05) is 36.4 Å². The van der Waals surface area contributed by atoms with Gasteiger partial charge in [-0.05, 0) is 12.5 Å². The molecular weight excluding hydrogens is 224 g/mol. The smallest absolute Gasteiger partial charge is 0.191 e. The van der Waals surface area contributed by atoms with Crippen LogP contribution in [0.4, 0.5) is 0 Å². The minimum atomic E-state index is 0.711. The molecule has 0 atom stereocenters. The van der Waals surface area contributed by atoms with Crippen LogP contribution in [0.15, 0.2) is 41.5 Å². The van der Waals surface area contributed by atoms with E-state index in [1.54, 1.807) is 6.20 Å². The molecule has 0 fully saturated rings. The van der Waals surface area contributed by atoms with Crippen LogP contribution in [0.3, 0.4) is 0 Å².